The zero-order chi connectivity index (χ0) is 24.4. The van der Waals surface area contributed by atoms with Gasteiger partial charge in [-0.15, -0.1) is 0 Å². The minimum Gasteiger partial charge on any atom is -0.497 e. The molecule has 7 nitrogen and oxygen atoms in total. The summed E-state index contributed by atoms with van der Waals surface area (Å²) in [5, 5.41) is 0. The molecule has 0 aliphatic carbocycles. The Morgan fingerprint density at radius 1 is 0.743 bits per heavy atom. The van der Waals surface area contributed by atoms with Crippen LogP contribution in [0.5, 0.6) is 11.5 Å². The predicted molar refractivity (Wildman–Crippen MR) is 135 cm³/mol. The number of nitrogens with one attached hydrogen (secondary N) is 1. The van der Waals surface area contributed by atoms with Crippen LogP contribution in [-0.4, -0.2) is 36.6 Å². The molecule has 176 valence electrons. The smallest absolute Gasteiger partial charge is 0.268 e. The molecule has 0 radical (unpaired) electrons. The normalized spacial score (nSPS) is 11.4. The lowest BCUT2D eigenvalue weighted by atomic mass is 10.0. The number of hydrogen-bond acceptors (Lipinski definition) is 5. The molecule has 5 aromatic rings. The van der Waals surface area contributed by atoms with Gasteiger partial charge in [-0.3, -0.25) is 0 Å². The molecule has 0 amide bonds. The fourth-order valence-corrected chi connectivity index (χ4v) is 5.25. The summed E-state index contributed by atoms with van der Waals surface area (Å²) in [6.07, 6.45) is 1.53. The first-order chi connectivity index (χ1) is 17.0. The molecular weight excluding hydrogens is 462 g/mol. The maximum atomic E-state index is 13.4. The second-order valence-corrected chi connectivity index (χ2v) is 9.59. The number of imidazole rings is 1. The molecule has 0 atom stereocenters. The number of hydrogen-bond donors (Lipinski definition) is 1. The van der Waals surface area contributed by atoms with Gasteiger partial charge in [-0.25, -0.2) is 17.4 Å². The van der Waals surface area contributed by atoms with Crippen LogP contribution in [0.15, 0.2) is 102 Å². The van der Waals surface area contributed by atoms with Gasteiger partial charge in [0.15, 0.2) is 5.82 Å². The molecule has 1 N–H and O–H groups in total. The summed E-state index contributed by atoms with van der Waals surface area (Å²) in [7, 11) is -0.566. The van der Waals surface area contributed by atoms with Crippen LogP contribution in [0.4, 0.5) is 0 Å². The standard InChI is InChI=1S/C27H23N3O4S/c1-33-21-14-10-19(11-15-21)25-26(20-12-16-22(34-2)17-13-20)29-27(28-25)24-9-6-18-30(24)35(31,32)23-7-4-3-5-8-23/h3-18H,1-2H3,(H,28,29). The fourth-order valence-electron chi connectivity index (χ4n) is 3.88. The van der Waals surface area contributed by atoms with Crippen molar-refractivity contribution in [1.82, 2.24) is 13.9 Å². The van der Waals surface area contributed by atoms with Gasteiger partial charge in [-0.05, 0) is 72.8 Å². The molecule has 2 aromatic heterocycles. The quantitative estimate of drug-likeness (QED) is 0.331. The van der Waals surface area contributed by atoms with Crippen molar-refractivity contribution in [2.24, 2.45) is 0 Å². The average Bonchev–Trinajstić information content (AvgIpc) is 3.57. The Labute approximate surface area is 203 Å². The molecule has 0 unspecified atom stereocenters. The average molecular weight is 486 g/mol. The highest BCUT2D eigenvalue weighted by Gasteiger charge is 2.23. The van der Waals surface area contributed by atoms with Crippen molar-refractivity contribution in [3.05, 3.63) is 97.2 Å². The van der Waals surface area contributed by atoms with Gasteiger partial charge >= 0.3 is 0 Å². The van der Waals surface area contributed by atoms with Crippen LogP contribution >= 0.6 is 0 Å². The molecule has 0 aliphatic rings. The van der Waals surface area contributed by atoms with Crippen molar-refractivity contribution in [3.8, 4) is 45.5 Å². The molecule has 0 saturated heterocycles. The van der Waals surface area contributed by atoms with Crippen molar-refractivity contribution in [2.75, 3.05) is 14.2 Å². The van der Waals surface area contributed by atoms with Crippen LogP contribution in [0.2, 0.25) is 0 Å². The Morgan fingerprint density at radius 3 is 1.94 bits per heavy atom. The van der Waals surface area contributed by atoms with Crippen molar-refractivity contribution in [2.45, 2.75) is 4.90 Å². The number of aromatic nitrogens is 3. The summed E-state index contributed by atoms with van der Waals surface area (Å²) in [6.45, 7) is 0. The largest absolute Gasteiger partial charge is 0.497 e. The first-order valence-corrected chi connectivity index (χ1v) is 12.3. The molecule has 0 fully saturated rings. The van der Waals surface area contributed by atoms with Crippen LogP contribution in [0.3, 0.4) is 0 Å². The number of aromatic amines is 1. The summed E-state index contributed by atoms with van der Waals surface area (Å²) in [4.78, 5) is 8.42. The number of H-pyrrole nitrogens is 1. The lowest BCUT2D eigenvalue weighted by molar-refractivity contribution is 0.414. The minimum atomic E-state index is -3.80. The van der Waals surface area contributed by atoms with E-state index >= 15 is 0 Å². The maximum absolute atomic E-state index is 13.4. The van der Waals surface area contributed by atoms with Gasteiger partial charge in [0, 0.05) is 17.3 Å². The maximum Gasteiger partial charge on any atom is 0.268 e. The Bertz CT molecular complexity index is 1490. The van der Waals surface area contributed by atoms with Gasteiger partial charge in [-0.2, -0.15) is 0 Å². The first-order valence-electron chi connectivity index (χ1n) is 10.9. The summed E-state index contributed by atoms with van der Waals surface area (Å²) in [6, 6.07) is 26.9. The molecule has 0 bridgehead atoms. The fraction of sp³-hybridized carbons (Fsp3) is 0.0741. The van der Waals surface area contributed by atoms with Crippen LogP contribution < -0.4 is 9.47 Å². The van der Waals surface area contributed by atoms with E-state index in [1.54, 1.807) is 56.7 Å². The number of ether oxygens (including phenoxy) is 2. The number of rotatable bonds is 7. The number of benzene rings is 3. The second-order valence-electron chi connectivity index (χ2n) is 7.77. The van der Waals surface area contributed by atoms with E-state index in [0.29, 0.717) is 17.2 Å². The van der Waals surface area contributed by atoms with Gasteiger partial charge < -0.3 is 14.5 Å². The monoisotopic (exact) mass is 485 g/mol. The summed E-state index contributed by atoms with van der Waals surface area (Å²) >= 11 is 0. The second kappa shape index (κ2) is 9.15. The molecular formula is C27H23N3O4S. The molecule has 0 spiro atoms. The van der Waals surface area contributed by atoms with Gasteiger partial charge in [-0.1, -0.05) is 18.2 Å². The zero-order valence-corrected chi connectivity index (χ0v) is 20.0. The molecule has 2 heterocycles. The van der Waals surface area contributed by atoms with E-state index in [0.717, 1.165) is 28.3 Å². The van der Waals surface area contributed by atoms with Crippen molar-refractivity contribution in [3.63, 3.8) is 0 Å². The highest BCUT2D eigenvalue weighted by atomic mass is 32.2. The molecule has 5 rings (SSSR count). The van der Waals surface area contributed by atoms with Crippen molar-refractivity contribution < 1.29 is 17.9 Å². The van der Waals surface area contributed by atoms with Gasteiger partial charge in [0.2, 0.25) is 0 Å². The van der Waals surface area contributed by atoms with Gasteiger partial charge in [0.05, 0.1) is 36.2 Å². The van der Waals surface area contributed by atoms with Crippen LogP contribution in [0.25, 0.3) is 34.0 Å². The topological polar surface area (TPSA) is 86.2 Å². The van der Waals surface area contributed by atoms with E-state index in [1.165, 1.54) is 10.2 Å². The third-order valence-electron chi connectivity index (χ3n) is 5.70. The lowest BCUT2D eigenvalue weighted by Crippen LogP contribution is -2.13. The van der Waals surface area contributed by atoms with Crippen LogP contribution in [0.1, 0.15) is 0 Å². The molecule has 0 aliphatic heterocycles. The highest BCUT2D eigenvalue weighted by Crippen LogP contribution is 2.35. The minimum absolute atomic E-state index is 0.203. The number of nitrogens with zero attached hydrogens (tertiary/aromatic N) is 2. The third-order valence-corrected chi connectivity index (χ3v) is 7.41. The van der Waals surface area contributed by atoms with Crippen LogP contribution in [-0.2, 0) is 10.0 Å². The Morgan fingerprint density at radius 2 is 1.34 bits per heavy atom. The molecule has 0 saturated carbocycles. The van der Waals surface area contributed by atoms with Gasteiger partial charge in [0.25, 0.3) is 10.0 Å². The third kappa shape index (κ3) is 4.20. The molecule has 8 heteroatoms. The number of methoxy groups -OCH3 is 2. The van der Waals surface area contributed by atoms with Crippen LogP contribution in [0, 0.1) is 0 Å². The molecule has 3 aromatic carbocycles. The van der Waals surface area contributed by atoms with E-state index in [2.05, 4.69) is 4.98 Å². The van der Waals surface area contributed by atoms with Crippen molar-refractivity contribution >= 4 is 10.0 Å². The van der Waals surface area contributed by atoms with E-state index < -0.39 is 10.0 Å². The molecule has 35 heavy (non-hydrogen) atoms. The Balaban J connectivity index is 1.66. The zero-order valence-electron chi connectivity index (χ0n) is 19.2. The van der Waals surface area contributed by atoms with Crippen molar-refractivity contribution in [1.29, 1.82) is 0 Å². The SMILES string of the molecule is COc1ccc(-c2nc(-c3cccn3S(=O)(=O)c3ccccc3)[nH]c2-c2ccc(OC)cc2)cc1. The first kappa shape index (κ1) is 22.5. The van der Waals surface area contributed by atoms with E-state index in [4.69, 9.17) is 14.5 Å². The Kier molecular flexibility index (Phi) is 5.88. The predicted octanol–water partition coefficient (Wildman–Crippen LogP) is 5.47. The Hall–Kier alpha value is -4.30. The summed E-state index contributed by atoms with van der Waals surface area (Å²) in [5.74, 6) is 1.91. The summed E-state index contributed by atoms with van der Waals surface area (Å²) in [5.41, 5.74) is 3.64. The van der Waals surface area contributed by atoms with E-state index in [9.17, 15) is 8.42 Å². The van der Waals surface area contributed by atoms with E-state index in [1.807, 2.05) is 48.5 Å². The highest BCUT2D eigenvalue weighted by molar-refractivity contribution is 7.90. The van der Waals surface area contributed by atoms with Gasteiger partial charge in [0.1, 0.15) is 11.5 Å². The van der Waals surface area contributed by atoms with E-state index in [-0.39, 0.29) is 4.90 Å². The lowest BCUT2D eigenvalue weighted by Gasteiger charge is -2.09. The summed E-state index contributed by atoms with van der Waals surface area (Å²) < 4.78 is 38.5.